The molecule has 0 saturated heterocycles. The molecule has 0 spiro atoms. The number of benzene rings is 2. The molecule has 1 unspecified atom stereocenters. The second-order valence-corrected chi connectivity index (χ2v) is 7.96. The summed E-state index contributed by atoms with van der Waals surface area (Å²) in [5, 5.41) is 3.18. The summed E-state index contributed by atoms with van der Waals surface area (Å²) in [6.45, 7) is 2.14. The Morgan fingerprint density at radius 1 is 1.12 bits per heavy atom. The zero-order valence-electron chi connectivity index (χ0n) is 18.8. The first-order chi connectivity index (χ1) is 16.4. The Hall–Kier alpha value is -4.21. The van der Waals surface area contributed by atoms with Crippen LogP contribution >= 0.6 is 0 Å². The highest BCUT2D eigenvalue weighted by molar-refractivity contribution is 5.64. The van der Waals surface area contributed by atoms with Crippen molar-refractivity contribution < 1.29 is 18.3 Å². The summed E-state index contributed by atoms with van der Waals surface area (Å²) in [7, 11) is 3.40. The third-order valence-electron chi connectivity index (χ3n) is 5.63. The van der Waals surface area contributed by atoms with Gasteiger partial charge in [-0.1, -0.05) is 0 Å². The number of imidazole rings is 1. The fourth-order valence-electron chi connectivity index (χ4n) is 3.94. The molecule has 2 aromatic heterocycles. The standard InChI is InChI=1S/C24H22F2N6O2/c1-14-11-32(13-28-14)19-5-4-18(9-21(19)33-3)29-24-27-10-22-23(30-24)31(2)20(12-34-22)15-6-16(25)8-17(26)7-15/h4-11,13,20H,12H2,1-3H3,(H,27,29,30). The van der Waals surface area contributed by atoms with Crippen molar-refractivity contribution in [2.45, 2.75) is 13.0 Å². The molecule has 174 valence electrons. The summed E-state index contributed by atoms with van der Waals surface area (Å²) in [5.41, 5.74) is 2.94. The molecule has 2 aromatic carbocycles. The lowest BCUT2D eigenvalue weighted by Gasteiger charge is -2.35. The van der Waals surface area contributed by atoms with Gasteiger partial charge in [0.05, 0.1) is 37.1 Å². The lowest BCUT2D eigenvalue weighted by Crippen LogP contribution is -2.34. The van der Waals surface area contributed by atoms with Crippen molar-refractivity contribution in [1.29, 1.82) is 0 Å². The van der Waals surface area contributed by atoms with E-state index in [0.29, 0.717) is 28.8 Å². The summed E-state index contributed by atoms with van der Waals surface area (Å²) in [5.74, 6) is 0.716. The van der Waals surface area contributed by atoms with Crippen LogP contribution in [0, 0.1) is 18.6 Å². The summed E-state index contributed by atoms with van der Waals surface area (Å²) < 4.78 is 40.7. The van der Waals surface area contributed by atoms with Gasteiger partial charge in [0, 0.05) is 31.1 Å². The third-order valence-corrected chi connectivity index (χ3v) is 5.63. The maximum Gasteiger partial charge on any atom is 0.229 e. The van der Waals surface area contributed by atoms with Gasteiger partial charge in [-0.2, -0.15) is 4.98 Å². The number of methoxy groups -OCH3 is 1. The Labute approximate surface area is 194 Å². The number of anilines is 3. The van der Waals surface area contributed by atoms with E-state index < -0.39 is 17.7 Å². The smallest absolute Gasteiger partial charge is 0.229 e. The van der Waals surface area contributed by atoms with Gasteiger partial charge in [-0.05, 0) is 36.8 Å². The molecule has 0 radical (unpaired) electrons. The van der Waals surface area contributed by atoms with Gasteiger partial charge < -0.3 is 24.3 Å². The molecule has 5 rings (SSSR count). The Bertz CT molecular complexity index is 1340. The Balaban J connectivity index is 1.41. The van der Waals surface area contributed by atoms with Crippen LogP contribution in [0.4, 0.5) is 26.2 Å². The van der Waals surface area contributed by atoms with Crippen molar-refractivity contribution >= 4 is 17.5 Å². The second-order valence-electron chi connectivity index (χ2n) is 7.96. The maximum atomic E-state index is 13.8. The van der Waals surface area contributed by atoms with E-state index in [9.17, 15) is 8.78 Å². The predicted octanol–water partition coefficient (Wildman–Crippen LogP) is 4.57. The molecule has 0 bridgehead atoms. The molecule has 4 aromatic rings. The fourth-order valence-corrected chi connectivity index (χ4v) is 3.94. The molecule has 10 heteroatoms. The van der Waals surface area contributed by atoms with Crippen molar-refractivity contribution in [3.63, 3.8) is 0 Å². The number of nitrogens with one attached hydrogen (secondary N) is 1. The quantitative estimate of drug-likeness (QED) is 0.464. The van der Waals surface area contributed by atoms with E-state index >= 15 is 0 Å². The number of likely N-dealkylation sites (N-methyl/N-ethyl adjacent to an activating group) is 1. The van der Waals surface area contributed by atoms with Crippen LogP contribution in [-0.2, 0) is 0 Å². The molecule has 0 amide bonds. The van der Waals surface area contributed by atoms with Crippen LogP contribution < -0.4 is 19.7 Å². The predicted molar refractivity (Wildman–Crippen MR) is 123 cm³/mol. The molecule has 0 saturated carbocycles. The number of aryl methyl sites for hydroxylation is 1. The number of fused-ring (bicyclic) bond motifs is 1. The largest absolute Gasteiger partial charge is 0.494 e. The van der Waals surface area contributed by atoms with Crippen molar-refractivity contribution in [2.24, 2.45) is 0 Å². The van der Waals surface area contributed by atoms with Crippen LogP contribution in [0.5, 0.6) is 11.5 Å². The van der Waals surface area contributed by atoms with E-state index in [1.54, 1.807) is 26.7 Å². The lowest BCUT2D eigenvalue weighted by molar-refractivity contribution is 0.264. The van der Waals surface area contributed by atoms with Gasteiger partial charge >= 0.3 is 0 Å². The first kappa shape index (κ1) is 21.6. The van der Waals surface area contributed by atoms with Gasteiger partial charge in [0.25, 0.3) is 0 Å². The van der Waals surface area contributed by atoms with Crippen LogP contribution in [0.1, 0.15) is 17.3 Å². The van der Waals surface area contributed by atoms with Crippen molar-refractivity contribution in [3.05, 3.63) is 78.0 Å². The van der Waals surface area contributed by atoms with Gasteiger partial charge in [0.1, 0.15) is 24.0 Å². The Morgan fingerprint density at radius 2 is 1.91 bits per heavy atom. The number of hydrogen-bond donors (Lipinski definition) is 1. The molecular weight excluding hydrogens is 442 g/mol. The summed E-state index contributed by atoms with van der Waals surface area (Å²) in [4.78, 5) is 15.0. The number of aromatic nitrogens is 4. The summed E-state index contributed by atoms with van der Waals surface area (Å²) in [6.07, 6.45) is 5.21. The molecular formula is C24H22F2N6O2. The molecule has 34 heavy (non-hydrogen) atoms. The summed E-state index contributed by atoms with van der Waals surface area (Å²) >= 11 is 0. The third kappa shape index (κ3) is 4.09. The van der Waals surface area contributed by atoms with Gasteiger partial charge in [-0.3, -0.25) is 0 Å². The van der Waals surface area contributed by atoms with Crippen LogP contribution in [0.25, 0.3) is 5.69 Å². The average molecular weight is 464 g/mol. The minimum Gasteiger partial charge on any atom is -0.494 e. The van der Waals surface area contributed by atoms with E-state index in [2.05, 4.69) is 20.3 Å². The van der Waals surface area contributed by atoms with Gasteiger partial charge in [0.2, 0.25) is 5.95 Å². The van der Waals surface area contributed by atoms with Crippen molar-refractivity contribution in [1.82, 2.24) is 19.5 Å². The van der Waals surface area contributed by atoms with Crippen LogP contribution in [0.3, 0.4) is 0 Å². The molecule has 0 aliphatic carbocycles. The normalized spacial score (nSPS) is 15.0. The van der Waals surface area contributed by atoms with Crippen molar-refractivity contribution in [2.75, 3.05) is 31.0 Å². The van der Waals surface area contributed by atoms with E-state index in [-0.39, 0.29) is 6.61 Å². The first-order valence-corrected chi connectivity index (χ1v) is 10.6. The molecule has 1 aliphatic rings. The zero-order valence-corrected chi connectivity index (χ0v) is 18.8. The van der Waals surface area contributed by atoms with E-state index in [0.717, 1.165) is 23.1 Å². The number of ether oxygens (including phenoxy) is 2. The molecule has 8 nitrogen and oxygen atoms in total. The van der Waals surface area contributed by atoms with Crippen LogP contribution in [0.15, 0.2) is 55.1 Å². The van der Waals surface area contributed by atoms with Crippen LogP contribution in [0.2, 0.25) is 0 Å². The number of rotatable bonds is 5. The number of nitrogens with zero attached hydrogens (tertiary/aromatic N) is 5. The van der Waals surface area contributed by atoms with Gasteiger partial charge in [-0.15, -0.1) is 0 Å². The summed E-state index contributed by atoms with van der Waals surface area (Å²) in [6, 6.07) is 8.67. The number of halogens is 2. The van der Waals surface area contributed by atoms with Gasteiger partial charge in [-0.25, -0.2) is 18.7 Å². The highest BCUT2D eigenvalue weighted by Crippen LogP contribution is 2.37. The Morgan fingerprint density at radius 3 is 2.62 bits per heavy atom. The van der Waals surface area contributed by atoms with E-state index in [1.165, 1.54) is 12.1 Å². The highest BCUT2D eigenvalue weighted by Gasteiger charge is 2.29. The van der Waals surface area contributed by atoms with E-state index in [4.69, 9.17) is 9.47 Å². The lowest BCUT2D eigenvalue weighted by atomic mass is 10.0. The fraction of sp³-hybridized carbons (Fsp3) is 0.208. The monoisotopic (exact) mass is 464 g/mol. The molecule has 1 N–H and O–H groups in total. The highest BCUT2D eigenvalue weighted by atomic mass is 19.1. The SMILES string of the molecule is COc1cc(Nc2ncc3c(n2)N(C)C(c2cc(F)cc(F)c2)CO3)ccc1-n1cnc(C)c1. The van der Waals surface area contributed by atoms with Gasteiger partial charge in [0.15, 0.2) is 11.6 Å². The van der Waals surface area contributed by atoms with Crippen LogP contribution in [-0.4, -0.2) is 40.3 Å². The Kier molecular flexibility index (Phi) is 5.48. The molecule has 3 heterocycles. The minimum atomic E-state index is -0.637. The molecule has 0 fully saturated rings. The average Bonchev–Trinajstić information content (AvgIpc) is 3.25. The van der Waals surface area contributed by atoms with Crippen molar-refractivity contribution in [3.8, 4) is 17.2 Å². The molecule has 1 atom stereocenters. The number of hydrogen-bond acceptors (Lipinski definition) is 7. The zero-order chi connectivity index (χ0) is 23.8. The van der Waals surface area contributed by atoms with E-state index in [1.807, 2.05) is 40.8 Å². The maximum absolute atomic E-state index is 13.8. The molecule has 1 aliphatic heterocycles. The first-order valence-electron chi connectivity index (χ1n) is 10.6. The minimum absolute atomic E-state index is 0.217. The second kappa shape index (κ2) is 8.62. The topological polar surface area (TPSA) is 77.3 Å².